The van der Waals surface area contributed by atoms with Gasteiger partial charge in [0.25, 0.3) is 0 Å². The third-order valence-corrected chi connectivity index (χ3v) is 7.98. The molecular formula is C31H31N3O. The van der Waals surface area contributed by atoms with E-state index < -0.39 is 0 Å². The van der Waals surface area contributed by atoms with E-state index in [1.807, 2.05) is 42.7 Å². The van der Waals surface area contributed by atoms with Crippen molar-refractivity contribution in [2.75, 3.05) is 6.54 Å². The minimum Gasteiger partial charge on any atom is -0.438 e. The maximum absolute atomic E-state index is 10.4. The highest BCUT2D eigenvalue weighted by molar-refractivity contribution is 5.90. The van der Waals surface area contributed by atoms with Crippen LogP contribution < -0.4 is 4.74 Å². The van der Waals surface area contributed by atoms with Crippen LogP contribution in [0.3, 0.4) is 0 Å². The maximum atomic E-state index is 10.4. The summed E-state index contributed by atoms with van der Waals surface area (Å²) in [5, 5.41) is 12.6. The lowest BCUT2D eigenvalue weighted by molar-refractivity contribution is 0.133. The van der Waals surface area contributed by atoms with Crippen LogP contribution in [0.2, 0.25) is 0 Å². The fourth-order valence-electron chi connectivity index (χ4n) is 7.04. The van der Waals surface area contributed by atoms with E-state index in [0.29, 0.717) is 28.3 Å². The van der Waals surface area contributed by atoms with Gasteiger partial charge in [-0.1, -0.05) is 81.4 Å². The van der Waals surface area contributed by atoms with Crippen molar-refractivity contribution in [2.24, 2.45) is 15.8 Å². The normalized spacial score (nSPS) is 27.1. The molecule has 176 valence electrons. The number of likely N-dealkylation sites (tertiary alicyclic amines) is 1. The number of ether oxygens (including phenoxy) is 1. The van der Waals surface area contributed by atoms with E-state index in [1.54, 1.807) is 0 Å². The Hall–Kier alpha value is -3.58. The summed E-state index contributed by atoms with van der Waals surface area (Å²) in [6, 6.07) is 25.6. The zero-order valence-electron chi connectivity index (χ0n) is 20.7. The van der Waals surface area contributed by atoms with Crippen molar-refractivity contribution in [3.05, 3.63) is 89.3 Å². The number of hydrogen-bond donors (Lipinski definition) is 0. The first-order valence-corrected chi connectivity index (χ1v) is 12.5. The van der Waals surface area contributed by atoms with Gasteiger partial charge >= 0.3 is 0 Å². The molecule has 4 nitrogen and oxygen atoms in total. The van der Waals surface area contributed by atoms with E-state index in [4.69, 9.17) is 9.73 Å². The predicted molar refractivity (Wildman–Crippen MR) is 140 cm³/mol. The van der Waals surface area contributed by atoms with Crippen LogP contribution in [0.15, 0.2) is 83.2 Å². The number of nitriles is 1. The summed E-state index contributed by atoms with van der Waals surface area (Å²) in [7, 11) is 0. The molecule has 0 radical (unpaired) electrons. The third-order valence-electron chi connectivity index (χ3n) is 7.98. The Morgan fingerprint density at radius 1 is 1.00 bits per heavy atom. The number of rotatable bonds is 3. The SMILES string of the molecule is CC1(C)CC2CC(C)(CN2C=NC2=C(C#N)C(c3ccccc3)c3c(ccc4ccccc34)O2)C1. The second-order valence-electron chi connectivity index (χ2n) is 11.6. The second-order valence-corrected chi connectivity index (χ2v) is 11.6. The molecule has 0 spiro atoms. The summed E-state index contributed by atoms with van der Waals surface area (Å²) < 4.78 is 6.37. The predicted octanol–water partition coefficient (Wildman–Crippen LogP) is 7.03. The van der Waals surface area contributed by atoms with Gasteiger partial charge < -0.3 is 9.64 Å². The Bertz CT molecular complexity index is 1400. The van der Waals surface area contributed by atoms with Gasteiger partial charge in [-0.2, -0.15) is 5.26 Å². The molecule has 2 heterocycles. The average molecular weight is 462 g/mol. The molecule has 0 aromatic heterocycles. The van der Waals surface area contributed by atoms with Crippen LogP contribution in [0.4, 0.5) is 0 Å². The monoisotopic (exact) mass is 461 g/mol. The largest absolute Gasteiger partial charge is 0.438 e. The van der Waals surface area contributed by atoms with Crippen LogP contribution in [-0.4, -0.2) is 23.8 Å². The number of fused-ring (bicyclic) bond motifs is 5. The number of aliphatic imine (C=N–C) groups is 1. The molecule has 2 fully saturated rings. The highest BCUT2D eigenvalue weighted by atomic mass is 16.5. The van der Waals surface area contributed by atoms with Crippen LogP contribution in [0.5, 0.6) is 5.75 Å². The van der Waals surface area contributed by atoms with Crippen molar-refractivity contribution in [3.63, 3.8) is 0 Å². The zero-order chi connectivity index (χ0) is 24.2. The summed E-state index contributed by atoms with van der Waals surface area (Å²) in [6.45, 7) is 8.16. The summed E-state index contributed by atoms with van der Waals surface area (Å²) in [5.74, 6) is 0.962. The maximum Gasteiger partial charge on any atom is 0.235 e. The Labute approximate surface area is 207 Å². The fraction of sp³-hybridized carbons (Fsp3) is 0.355. The van der Waals surface area contributed by atoms with Gasteiger partial charge in [0.15, 0.2) is 0 Å². The first-order chi connectivity index (χ1) is 16.9. The van der Waals surface area contributed by atoms with Crippen molar-refractivity contribution >= 4 is 17.1 Å². The lowest BCUT2D eigenvalue weighted by Crippen LogP contribution is -2.34. The summed E-state index contributed by atoms with van der Waals surface area (Å²) in [6.07, 6.45) is 5.55. The molecule has 0 amide bonds. The molecule has 0 N–H and O–H groups in total. The van der Waals surface area contributed by atoms with E-state index in [9.17, 15) is 5.26 Å². The van der Waals surface area contributed by atoms with Crippen molar-refractivity contribution < 1.29 is 4.74 Å². The molecule has 2 bridgehead atoms. The molecule has 35 heavy (non-hydrogen) atoms. The Morgan fingerprint density at radius 3 is 2.57 bits per heavy atom. The van der Waals surface area contributed by atoms with Crippen LogP contribution in [0.1, 0.15) is 57.1 Å². The molecule has 3 aliphatic rings. The van der Waals surface area contributed by atoms with Crippen molar-refractivity contribution in [1.82, 2.24) is 4.90 Å². The number of allylic oxidation sites excluding steroid dienone is 1. The summed E-state index contributed by atoms with van der Waals surface area (Å²) in [5.41, 5.74) is 3.33. The van der Waals surface area contributed by atoms with E-state index >= 15 is 0 Å². The molecule has 3 aromatic carbocycles. The lowest BCUT2D eigenvalue weighted by Gasteiger charge is -2.39. The van der Waals surface area contributed by atoms with E-state index in [-0.39, 0.29) is 5.92 Å². The third kappa shape index (κ3) is 3.80. The van der Waals surface area contributed by atoms with Crippen molar-refractivity contribution in [1.29, 1.82) is 5.26 Å². The van der Waals surface area contributed by atoms with Gasteiger partial charge in [0.05, 0.1) is 12.3 Å². The highest BCUT2D eigenvalue weighted by Crippen LogP contribution is 2.52. The molecule has 6 rings (SSSR count). The smallest absolute Gasteiger partial charge is 0.235 e. The Morgan fingerprint density at radius 2 is 1.77 bits per heavy atom. The summed E-state index contributed by atoms with van der Waals surface area (Å²) in [4.78, 5) is 7.23. The second kappa shape index (κ2) is 7.99. The van der Waals surface area contributed by atoms with Crippen molar-refractivity contribution in [3.8, 4) is 11.8 Å². The van der Waals surface area contributed by atoms with E-state index in [1.165, 1.54) is 19.3 Å². The van der Waals surface area contributed by atoms with Gasteiger partial charge in [-0.05, 0) is 52.5 Å². The molecule has 1 saturated heterocycles. The van der Waals surface area contributed by atoms with Crippen LogP contribution in [0, 0.1) is 22.2 Å². The Kier molecular flexibility index (Phi) is 5.00. The highest BCUT2D eigenvalue weighted by Gasteiger charge is 2.49. The first kappa shape index (κ1) is 21.9. The Balaban J connectivity index is 1.44. The number of benzene rings is 3. The van der Waals surface area contributed by atoms with Gasteiger partial charge in [-0.15, -0.1) is 0 Å². The zero-order valence-corrected chi connectivity index (χ0v) is 20.7. The minimum absolute atomic E-state index is 0.225. The summed E-state index contributed by atoms with van der Waals surface area (Å²) >= 11 is 0. The topological polar surface area (TPSA) is 48.6 Å². The lowest BCUT2D eigenvalue weighted by atomic mass is 9.65. The van der Waals surface area contributed by atoms with Gasteiger partial charge in [0, 0.05) is 18.2 Å². The fourth-order valence-corrected chi connectivity index (χ4v) is 7.04. The molecule has 3 unspecified atom stereocenters. The minimum atomic E-state index is -0.225. The number of nitrogens with zero attached hydrogens (tertiary/aromatic N) is 3. The molecule has 2 aliphatic heterocycles. The standard InChI is InChI=1S/C31H31N3O/c1-30(2)15-23-16-31(3,18-30)19-34(23)20-33-29-25(17-32)27(22-10-5-4-6-11-22)28-24-12-8-7-9-21(24)13-14-26(28)35-29/h4-14,20,23,27H,15-16,18-19H2,1-3H3. The van der Waals surface area contributed by atoms with Gasteiger partial charge in [0.2, 0.25) is 5.88 Å². The average Bonchev–Trinajstić information content (AvgIpc) is 3.09. The molecule has 3 aromatic rings. The van der Waals surface area contributed by atoms with E-state index in [2.05, 4.69) is 62.1 Å². The molecular weight excluding hydrogens is 430 g/mol. The van der Waals surface area contributed by atoms with Gasteiger partial charge in [-0.3, -0.25) is 0 Å². The van der Waals surface area contributed by atoms with Crippen LogP contribution >= 0.6 is 0 Å². The molecule has 3 atom stereocenters. The molecule has 1 aliphatic carbocycles. The molecule has 4 heteroatoms. The van der Waals surface area contributed by atoms with Crippen LogP contribution in [0.25, 0.3) is 10.8 Å². The van der Waals surface area contributed by atoms with Gasteiger partial charge in [0.1, 0.15) is 17.4 Å². The van der Waals surface area contributed by atoms with Crippen LogP contribution in [-0.2, 0) is 0 Å². The first-order valence-electron chi connectivity index (χ1n) is 12.5. The van der Waals surface area contributed by atoms with Crippen molar-refractivity contribution in [2.45, 2.75) is 52.0 Å². The number of hydrogen-bond acceptors (Lipinski definition) is 3. The molecule has 1 saturated carbocycles. The van der Waals surface area contributed by atoms with Gasteiger partial charge in [-0.25, -0.2) is 4.99 Å². The van der Waals surface area contributed by atoms with E-state index in [0.717, 1.165) is 34.2 Å². The quantitative estimate of drug-likeness (QED) is 0.311.